The highest BCUT2D eigenvalue weighted by Gasteiger charge is 2.33. The van der Waals surface area contributed by atoms with Gasteiger partial charge in [-0.15, -0.1) is 4.80 Å². The van der Waals surface area contributed by atoms with E-state index in [-0.39, 0.29) is 30.9 Å². The molecule has 0 saturated carbocycles. The molecule has 1 aromatic carbocycles. The number of amides is 1. The Balaban J connectivity index is 1.76. The van der Waals surface area contributed by atoms with Gasteiger partial charge in [0.05, 0.1) is 50.5 Å². The number of methoxy groups -OCH3 is 1. The number of halogens is 1. The quantitative estimate of drug-likeness (QED) is 0.275. The first-order valence-corrected chi connectivity index (χ1v) is 13.8. The van der Waals surface area contributed by atoms with Crippen molar-refractivity contribution in [2.24, 2.45) is 0 Å². The minimum atomic E-state index is -0.975. The Hall–Kier alpha value is -4.35. The first kappa shape index (κ1) is 28.2. The first-order chi connectivity index (χ1) is 19.8. The first-order valence-electron chi connectivity index (χ1n) is 13.0. The van der Waals surface area contributed by atoms with Crippen molar-refractivity contribution in [1.82, 2.24) is 29.0 Å². The summed E-state index contributed by atoms with van der Waals surface area (Å²) in [6, 6.07) is 5.00. The number of nitrogens with zero attached hydrogens (tertiary/aromatic N) is 7. The number of carbonyl (C=O) groups is 1. The maximum absolute atomic E-state index is 14.4. The number of hydrogen-bond donors (Lipinski definition) is 0. The van der Waals surface area contributed by atoms with E-state index in [1.807, 2.05) is 6.07 Å². The van der Waals surface area contributed by atoms with Gasteiger partial charge in [0.1, 0.15) is 33.5 Å². The van der Waals surface area contributed by atoms with E-state index in [2.05, 4.69) is 10.2 Å². The summed E-state index contributed by atoms with van der Waals surface area (Å²) in [5.41, 5.74) is -0.386. The zero-order chi connectivity index (χ0) is 29.3. The molecule has 1 fully saturated rings. The number of piperidine rings is 1. The van der Waals surface area contributed by atoms with E-state index >= 15 is 0 Å². The fourth-order valence-corrected chi connectivity index (χ4v) is 6.38. The average molecular weight is 582 g/mol. The van der Waals surface area contributed by atoms with Crippen LogP contribution in [0.1, 0.15) is 42.5 Å². The Bertz CT molecular complexity index is 1750. The summed E-state index contributed by atoms with van der Waals surface area (Å²) in [5.74, 6) is -0.525. The number of fused-ring (bicyclic) bond motifs is 1. The number of aromatic nitrogens is 5. The lowest BCUT2D eigenvalue weighted by atomic mass is 10.0. The zero-order valence-corrected chi connectivity index (χ0v) is 23.6. The average Bonchev–Trinajstić information content (AvgIpc) is 3.60. The third-order valence-corrected chi connectivity index (χ3v) is 8.46. The van der Waals surface area contributed by atoms with Crippen molar-refractivity contribution >= 4 is 27.5 Å². The molecule has 1 aliphatic rings. The van der Waals surface area contributed by atoms with Crippen LogP contribution in [0.15, 0.2) is 40.2 Å². The summed E-state index contributed by atoms with van der Waals surface area (Å²) in [6.07, 6.45) is 3.10. The standard InChI is InChI=1S/C27H28FN7O5S/c1-16-22-24(37)34(19-6-4-12-32(2)23(19)36)27(38)33(26(22)41-25(16)35-30-10-11-31-35)15-21(40-13-5-9-29)18-14-17(28)7-8-20(18)39-3/h7-8,10-11,14,19,21H,4-6,12-13,15H2,1-3H3/t19?,21-/m0/s1. The topological polar surface area (TPSA) is 137 Å². The zero-order valence-electron chi connectivity index (χ0n) is 22.7. The number of thiophene rings is 1. The molecule has 41 heavy (non-hydrogen) atoms. The van der Waals surface area contributed by atoms with Gasteiger partial charge in [-0.25, -0.2) is 13.8 Å². The number of likely N-dealkylation sites (N-methyl/N-ethyl adjacent to an activating group) is 1. The van der Waals surface area contributed by atoms with Gasteiger partial charge in [0.2, 0.25) is 5.91 Å². The highest BCUT2D eigenvalue weighted by atomic mass is 32.1. The van der Waals surface area contributed by atoms with Crippen LogP contribution in [0.3, 0.4) is 0 Å². The molecule has 0 bridgehead atoms. The smallest absolute Gasteiger partial charge is 0.332 e. The maximum Gasteiger partial charge on any atom is 0.332 e. The third kappa shape index (κ3) is 5.14. The molecule has 0 aliphatic carbocycles. The summed E-state index contributed by atoms with van der Waals surface area (Å²) < 4.78 is 28.3. The van der Waals surface area contributed by atoms with Crippen molar-refractivity contribution in [3.05, 3.63) is 68.4 Å². The molecule has 1 amide bonds. The fraction of sp³-hybridized carbons (Fsp3) is 0.407. The van der Waals surface area contributed by atoms with Gasteiger partial charge in [0, 0.05) is 24.7 Å². The molecule has 5 rings (SSSR count). The van der Waals surface area contributed by atoms with Crippen LogP contribution in [-0.2, 0) is 16.1 Å². The number of carbonyl (C=O) groups excluding carboxylic acids is 1. The predicted octanol–water partition coefficient (Wildman–Crippen LogP) is 2.73. The molecule has 12 nitrogen and oxygen atoms in total. The van der Waals surface area contributed by atoms with E-state index in [4.69, 9.17) is 14.7 Å². The summed E-state index contributed by atoms with van der Waals surface area (Å²) in [5, 5.41) is 18.3. The Kier molecular flexibility index (Phi) is 8.00. The van der Waals surface area contributed by atoms with E-state index < -0.39 is 29.2 Å². The minimum absolute atomic E-state index is 0.0101. The summed E-state index contributed by atoms with van der Waals surface area (Å²) >= 11 is 1.15. The van der Waals surface area contributed by atoms with Crippen LogP contribution in [0.5, 0.6) is 5.75 Å². The molecule has 1 aliphatic heterocycles. The van der Waals surface area contributed by atoms with Gasteiger partial charge in [-0.2, -0.15) is 15.5 Å². The number of hydrogen-bond acceptors (Lipinski definition) is 9. The molecule has 4 heterocycles. The van der Waals surface area contributed by atoms with Crippen LogP contribution in [0, 0.1) is 24.1 Å². The minimum Gasteiger partial charge on any atom is -0.496 e. The second kappa shape index (κ2) is 11.6. The molecule has 0 N–H and O–H groups in total. The van der Waals surface area contributed by atoms with Crippen LogP contribution >= 0.6 is 11.3 Å². The number of benzene rings is 1. The Morgan fingerprint density at radius 1 is 1.24 bits per heavy atom. The third-order valence-electron chi connectivity index (χ3n) is 7.18. The molecular weight excluding hydrogens is 553 g/mol. The van der Waals surface area contributed by atoms with Crippen LogP contribution in [0.4, 0.5) is 4.39 Å². The normalized spacial score (nSPS) is 16.2. The number of rotatable bonds is 9. The Morgan fingerprint density at radius 2 is 2.00 bits per heavy atom. The molecule has 1 unspecified atom stereocenters. The van der Waals surface area contributed by atoms with E-state index in [0.29, 0.717) is 46.1 Å². The highest BCUT2D eigenvalue weighted by Crippen LogP contribution is 2.34. The van der Waals surface area contributed by atoms with E-state index in [1.165, 1.54) is 52.0 Å². The summed E-state index contributed by atoms with van der Waals surface area (Å²) in [4.78, 5) is 44.6. The molecule has 0 radical (unpaired) electrons. The predicted molar refractivity (Wildman–Crippen MR) is 148 cm³/mol. The van der Waals surface area contributed by atoms with Crippen molar-refractivity contribution in [1.29, 1.82) is 5.26 Å². The lowest BCUT2D eigenvalue weighted by Gasteiger charge is -2.30. The highest BCUT2D eigenvalue weighted by molar-refractivity contribution is 7.21. The van der Waals surface area contributed by atoms with Crippen molar-refractivity contribution in [2.75, 3.05) is 27.3 Å². The second-order valence-electron chi connectivity index (χ2n) is 9.67. The lowest BCUT2D eigenvalue weighted by Crippen LogP contribution is -2.49. The van der Waals surface area contributed by atoms with Gasteiger partial charge in [0.15, 0.2) is 0 Å². The lowest BCUT2D eigenvalue weighted by molar-refractivity contribution is -0.136. The monoisotopic (exact) mass is 581 g/mol. The number of nitriles is 1. The Morgan fingerprint density at radius 3 is 2.71 bits per heavy atom. The molecular formula is C27H28FN7O5S. The van der Waals surface area contributed by atoms with Crippen molar-refractivity contribution in [2.45, 2.75) is 44.9 Å². The molecule has 4 aromatic rings. The van der Waals surface area contributed by atoms with Gasteiger partial charge in [0.25, 0.3) is 5.56 Å². The molecule has 14 heteroatoms. The van der Waals surface area contributed by atoms with Crippen LogP contribution in [-0.4, -0.2) is 62.2 Å². The number of aryl methyl sites for hydroxylation is 1. The molecule has 2 atom stereocenters. The summed E-state index contributed by atoms with van der Waals surface area (Å²) in [7, 11) is 3.08. The number of ether oxygens (including phenoxy) is 2. The second-order valence-corrected chi connectivity index (χ2v) is 10.6. The number of likely N-dealkylation sites (tertiary alicyclic amines) is 1. The molecule has 1 saturated heterocycles. The van der Waals surface area contributed by atoms with Crippen molar-refractivity contribution in [3.8, 4) is 16.8 Å². The van der Waals surface area contributed by atoms with Gasteiger partial charge < -0.3 is 14.4 Å². The van der Waals surface area contributed by atoms with Crippen LogP contribution in [0.2, 0.25) is 0 Å². The van der Waals surface area contributed by atoms with E-state index in [9.17, 15) is 18.8 Å². The van der Waals surface area contributed by atoms with Crippen LogP contribution in [0.25, 0.3) is 15.2 Å². The summed E-state index contributed by atoms with van der Waals surface area (Å²) in [6.45, 7) is 2.13. The molecule has 0 spiro atoms. The van der Waals surface area contributed by atoms with E-state index in [0.717, 1.165) is 15.9 Å². The van der Waals surface area contributed by atoms with Gasteiger partial charge >= 0.3 is 5.69 Å². The maximum atomic E-state index is 14.4. The van der Waals surface area contributed by atoms with Crippen LogP contribution < -0.4 is 16.0 Å². The van der Waals surface area contributed by atoms with E-state index in [1.54, 1.807) is 14.0 Å². The van der Waals surface area contributed by atoms with Crippen molar-refractivity contribution in [3.63, 3.8) is 0 Å². The SMILES string of the molecule is COc1ccc(F)cc1[C@H](Cn1c(=O)n(C2CCCN(C)C2=O)c(=O)c2c(C)c(-n3nccn3)sc21)OCCC#N. The molecule has 3 aromatic heterocycles. The van der Waals surface area contributed by atoms with Crippen molar-refractivity contribution < 1.29 is 18.7 Å². The molecule has 214 valence electrons. The Labute approximate surface area is 237 Å². The fourth-order valence-electron chi connectivity index (χ4n) is 5.16. The van der Waals surface area contributed by atoms with Gasteiger partial charge in [-0.3, -0.25) is 14.2 Å². The van der Waals surface area contributed by atoms with Gasteiger partial charge in [-0.05, 0) is 38.0 Å². The van der Waals surface area contributed by atoms with Gasteiger partial charge in [-0.1, -0.05) is 11.3 Å². The largest absolute Gasteiger partial charge is 0.496 e.